The molecule has 0 aliphatic carbocycles. The molecule has 0 atom stereocenters. The van der Waals surface area contributed by atoms with Gasteiger partial charge < -0.3 is 5.73 Å². The number of amides is 3. The molecule has 2 rings (SSSR count). The number of carbonyl (C=O) groups excluding carboxylic acids is 2. The van der Waals surface area contributed by atoms with Crippen molar-refractivity contribution in [3.8, 4) is 11.1 Å². The summed E-state index contributed by atoms with van der Waals surface area (Å²) in [5.74, 6) is -0.443. The second kappa shape index (κ2) is 5.75. The Morgan fingerprint density at radius 1 is 1.05 bits per heavy atom. The van der Waals surface area contributed by atoms with Crippen molar-refractivity contribution in [2.24, 2.45) is 5.73 Å². The van der Waals surface area contributed by atoms with Gasteiger partial charge in [-0.1, -0.05) is 35.9 Å². The molecule has 2 aromatic rings. The zero-order valence-corrected chi connectivity index (χ0v) is 11.6. The molecule has 0 aliphatic heterocycles. The Balaban J connectivity index is 2.38. The predicted molar refractivity (Wildman–Crippen MR) is 78.6 cm³/mol. The van der Waals surface area contributed by atoms with Gasteiger partial charge >= 0.3 is 6.03 Å². The molecular weight excluding hydrogens is 276 g/mol. The number of nitrogens with zero attached hydrogens (tertiary/aromatic N) is 1. The van der Waals surface area contributed by atoms with E-state index in [0.717, 1.165) is 16.0 Å². The zero-order chi connectivity index (χ0) is 14.7. The minimum absolute atomic E-state index is 0.392. The van der Waals surface area contributed by atoms with Gasteiger partial charge in [-0.3, -0.25) is 9.69 Å². The van der Waals surface area contributed by atoms with Crippen molar-refractivity contribution in [2.75, 3.05) is 7.05 Å². The van der Waals surface area contributed by atoms with Crippen LogP contribution in [0.15, 0.2) is 48.5 Å². The highest BCUT2D eigenvalue weighted by Crippen LogP contribution is 2.23. The summed E-state index contributed by atoms with van der Waals surface area (Å²) in [7, 11) is 1.34. The molecule has 0 aromatic heterocycles. The van der Waals surface area contributed by atoms with Gasteiger partial charge in [-0.25, -0.2) is 4.79 Å². The van der Waals surface area contributed by atoms with Gasteiger partial charge in [0.15, 0.2) is 0 Å². The second-order valence-electron chi connectivity index (χ2n) is 4.29. The first-order chi connectivity index (χ1) is 9.49. The van der Waals surface area contributed by atoms with Crippen LogP contribution in [0.2, 0.25) is 5.02 Å². The van der Waals surface area contributed by atoms with E-state index in [-0.39, 0.29) is 0 Å². The first-order valence-electron chi connectivity index (χ1n) is 5.92. The van der Waals surface area contributed by atoms with Crippen molar-refractivity contribution in [2.45, 2.75) is 0 Å². The van der Waals surface area contributed by atoms with Crippen LogP contribution in [0.25, 0.3) is 11.1 Å². The highest BCUT2D eigenvalue weighted by Gasteiger charge is 2.16. The van der Waals surface area contributed by atoms with E-state index in [4.69, 9.17) is 17.3 Å². The van der Waals surface area contributed by atoms with Gasteiger partial charge in [0.05, 0.1) is 0 Å². The third-order valence-electron chi connectivity index (χ3n) is 2.90. The number of benzene rings is 2. The number of imide groups is 1. The number of urea groups is 1. The first-order valence-corrected chi connectivity index (χ1v) is 6.30. The molecule has 0 spiro atoms. The standard InChI is InChI=1S/C15H13ClN2O2/c1-18(15(17)20)14(19)12-6-2-4-10(8-12)11-5-3-7-13(16)9-11/h2-9H,1H3,(H2,17,20). The van der Waals surface area contributed by atoms with Crippen molar-refractivity contribution in [3.05, 3.63) is 59.1 Å². The average molecular weight is 289 g/mol. The highest BCUT2D eigenvalue weighted by atomic mass is 35.5. The lowest BCUT2D eigenvalue weighted by molar-refractivity contribution is 0.0838. The Kier molecular flexibility index (Phi) is 4.05. The second-order valence-corrected chi connectivity index (χ2v) is 4.73. The Hall–Kier alpha value is -2.33. The van der Waals surface area contributed by atoms with Crippen LogP contribution in [0.1, 0.15) is 10.4 Å². The van der Waals surface area contributed by atoms with Gasteiger partial charge in [-0.15, -0.1) is 0 Å². The summed E-state index contributed by atoms with van der Waals surface area (Å²) in [6.45, 7) is 0. The topological polar surface area (TPSA) is 63.4 Å². The fraction of sp³-hybridized carbons (Fsp3) is 0.0667. The minimum Gasteiger partial charge on any atom is -0.351 e. The summed E-state index contributed by atoms with van der Waals surface area (Å²) in [5.41, 5.74) is 7.23. The highest BCUT2D eigenvalue weighted by molar-refractivity contribution is 6.30. The largest absolute Gasteiger partial charge is 0.351 e. The zero-order valence-electron chi connectivity index (χ0n) is 10.8. The Bertz CT molecular complexity index is 670. The van der Waals surface area contributed by atoms with Gasteiger partial charge in [0, 0.05) is 17.6 Å². The van der Waals surface area contributed by atoms with E-state index >= 15 is 0 Å². The maximum Gasteiger partial charge on any atom is 0.321 e. The number of hydrogen-bond acceptors (Lipinski definition) is 2. The van der Waals surface area contributed by atoms with Gasteiger partial charge in [0.1, 0.15) is 0 Å². The molecule has 0 unspecified atom stereocenters. The van der Waals surface area contributed by atoms with Crippen LogP contribution in [0.4, 0.5) is 4.79 Å². The fourth-order valence-corrected chi connectivity index (χ4v) is 1.98. The maximum absolute atomic E-state index is 12.0. The molecule has 0 heterocycles. The summed E-state index contributed by atoms with van der Waals surface area (Å²) in [6.07, 6.45) is 0. The molecule has 2 N–H and O–H groups in total. The van der Waals surface area contributed by atoms with Crippen molar-refractivity contribution < 1.29 is 9.59 Å². The van der Waals surface area contributed by atoms with Crippen LogP contribution in [-0.4, -0.2) is 23.9 Å². The minimum atomic E-state index is -0.789. The molecule has 0 bridgehead atoms. The quantitative estimate of drug-likeness (QED) is 0.922. The van der Waals surface area contributed by atoms with Crippen LogP contribution in [0.3, 0.4) is 0 Å². The molecule has 4 nitrogen and oxygen atoms in total. The van der Waals surface area contributed by atoms with Crippen molar-refractivity contribution in [1.82, 2.24) is 4.90 Å². The van der Waals surface area contributed by atoms with E-state index in [0.29, 0.717) is 10.6 Å². The number of rotatable bonds is 2. The monoisotopic (exact) mass is 288 g/mol. The van der Waals surface area contributed by atoms with Crippen molar-refractivity contribution in [1.29, 1.82) is 0 Å². The van der Waals surface area contributed by atoms with E-state index in [1.54, 1.807) is 24.3 Å². The van der Waals surface area contributed by atoms with Gasteiger partial charge in [0.25, 0.3) is 5.91 Å². The Morgan fingerprint density at radius 3 is 2.25 bits per heavy atom. The van der Waals surface area contributed by atoms with E-state index in [2.05, 4.69) is 0 Å². The van der Waals surface area contributed by atoms with Gasteiger partial charge in [0.2, 0.25) is 0 Å². The lowest BCUT2D eigenvalue weighted by atomic mass is 10.0. The number of hydrogen-bond donors (Lipinski definition) is 1. The van der Waals surface area contributed by atoms with Crippen molar-refractivity contribution >= 4 is 23.5 Å². The summed E-state index contributed by atoms with van der Waals surface area (Å²) < 4.78 is 0. The van der Waals surface area contributed by atoms with E-state index in [1.165, 1.54) is 7.05 Å². The molecule has 3 amide bonds. The SMILES string of the molecule is CN(C(N)=O)C(=O)c1cccc(-c2cccc(Cl)c2)c1. The third kappa shape index (κ3) is 2.97. The van der Waals surface area contributed by atoms with Crippen LogP contribution in [0.5, 0.6) is 0 Å². The number of halogens is 1. The molecular formula is C15H13ClN2O2. The van der Waals surface area contributed by atoms with Crippen LogP contribution in [-0.2, 0) is 0 Å². The molecule has 5 heteroatoms. The Labute approximate surface area is 121 Å². The molecule has 102 valence electrons. The predicted octanol–water partition coefficient (Wildman–Crippen LogP) is 3.16. The van der Waals surface area contributed by atoms with E-state index in [9.17, 15) is 9.59 Å². The number of nitrogens with two attached hydrogens (primary N) is 1. The summed E-state index contributed by atoms with van der Waals surface area (Å²) in [5, 5.41) is 0.619. The van der Waals surface area contributed by atoms with Gasteiger partial charge in [-0.2, -0.15) is 0 Å². The first kappa shape index (κ1) is 14.1. The normalized spacial score (nSPS) is 10.1. The maximum atomic E-state index is 12.0. The van der Waals surface area contributed by atoms with Gasteiger partial charge in [-0.05, 0) is 35.4 Å². The third-order valence-corrected chi connectivity index (χ3v) is 3.14. The van der Waals surface area contributed by atoms with Crippen LogP contribution in [0, 0.1) is 0 Å². The lowest BCUT2D eigenvalue weighted by Gasteiger charge is -2.13. The fourth-order valence-electron chi connectivity index (χ4n) is 1.79. The summed E-state index contributed by atoms with van der Waals surface area (Å²) in [4.78, 5) is 23.9. The van der Waals surface area contributed by atoms with E-state index in [1.807, 2.05) is 24.3 Å². The van der Waals surface area contributed by atoms with E-state index < -0.39 is 11.9 Å². The Morgan fingerprint density at radius 2 is 1.65 bits per heavy atom. The molecule has 0 radical (unpaired) electrons. The average Bonchev–Trinajstić information content (AvgIpc) is 2.45. The molecule has 0 aliphatic rings. The number of primary amides is 1. The molecule has 0 saturated heterocycles. The van der Waals surface area contributed by atoms with Crippen LogP contribution >= 0.6 is 11.6 Å². The summed E-state index contributed by atoms with van der Waals surface area (Å²) in [6, 6.07) is 13.5. The molecule has 0 saturated carbocycles. The van der Waals surface area contributed by atoms with Crippen LogP contribution < -0.4 is 5.73 Å². The molecule has 2 aromatic carbocycles. The summed E-state index contributed by atoms with van der Waals surface area (Å²) >= 11 is 5.95. The molecule has 20 heavy (non-hydrogen) atoms. The number of carbonyl (C=O) groups is 2. The smallest absolute Gasteiger partial charge is 0.321 e. The molecule has 0 fully saturated rings. The lowest BCUT2D eigenvalue weighted by Crippen LogP contribution is -2.37. The van der Waals surface area contributed by atoms with Crippen molar-refractivity contribution in [3.63, 3.8) is 0 Å².